The van der Waals surface area contributed by atoms with Crippen molar-refractivity contribution in [1.29, 1.82) is 0 Å². The largest absolute Gasteiger partial charge is 0.466 e. The fourth-order valence-corrected chi connectivity index (χ4v) is 4.67. The van der Waals surface area contributed by atoms with E-state index >= 15 is 0 Å². The highest BCUT2D eigenvalue weighted by atomic mass is 35.5. The minimum absolute atomic E-state index is 0.226. The number of ether oxygens (including phenoxy) is 1. The zero-order valence-corrected chi connectivity index (χ0v) is 17.3. The summed E-state index contributed by atoms with van der Waals surface area (Å²) in [5, 5.41) is 0.464. The molecule has 4 rings (SSSR count). The topological polar surface area (TPSA) is 60.7 Å². The third-order valence-corrected chi connectivity index (χ3v) is 6.05. The highest BCUT2D eigenvalue weighted by Crippen LogP contribution is 2.34. The number of carbonyl (C=O) groups is 1. The van der Waals surface area contributed by atoms with E-state index in [2.05, 4.69) is 4.99 Å². The second kappa shape index (κ2) is 7.81. The minimum atomic E-state index is -0.703. The van der Waals surface area contributed by atoms with Crippen LogP contribution in [0.15, 0.2) is 75.7 Å². The van der Waals surface area contributed by atoms with Crippen molar-refractivity contribution in [3.8, 4) is 0 Å². The second-order valence-electron chi connectivity index (χ2n) is 6.51. The number of aromatic nitrogens is 1. The maximum Gasteiger partial charge on any atom is 0.338 e. The van der Waals surface area contributed by atoms with Crippen LogP contribution in [0.2, 0.25) is 5.02 Å². The van der Waals surface area contributed by atoms with Gasteiger partial charge in [-0.3, -0.25) is 9.36 Å². The predicted octanol–water partition coefficient (Wildman–Crippen LogP) is 3.06. The molecule has 0 aliphatic carbocycles. The van der Waals surface area contributed by atoms with Crippen molar-refractivity contribution in [2.45, 2.75) is 13.0 Å². The smallest absolute Gasteiger partial charge is 0.338 e. The van der Waals surface area contributed by atoms with E-state index in [1.807, 2.05) is 48.5 Å². The molecule has 5 nitrogen and oxygen atoms in total. The van der Waals surface area contributed by atoms with Crippen molar-refractivity contribution in [1.82, 2.24) is 4.57 Å². The second-order valence-corrected chi connectivity index (χ2v) is 7.92. The number of thiazole rings is 1. The first-order valence-electron chi connectivity index (χ1n) is 8.91. The third-order valence-electron chi connectivity index (χ3n) is 4.72. The van der Waals surface area contributed by atoms with Crippen LogP contribution in [0, 0.1) is 0 Å². The molecule has 0 fully saturated rings. The third kappa shape index (κ3) is 3.45. The van der Waals surface area contributed by atoms with E-state index in [-0.39, 0.29) is 5.56 Å². The Morgan fingerprint density at radius 1 is 1.17 bits per heavy atom. The maximum absolute atomic E-state index is 13.3. The molecule has 1 aromatic heterocycles. The van der Waals surface area contributed by atoms with Crippen LogP contribution in [-0.2, 0) is 9.53 Å². The molecule has 0 amide bonds. The zero-order valence-electron chi connectivity index (χ0n) is 15.8. The van der Waals surface area contributed by atoms with Gasteiger partial charge in [0.05, 0.1) is 22.9 Å². The number of benzene rings is 2. The van der Waals surface area contributed by atoms with Crippen LogP contribution in [0.5, 0.6) is 0 Å². The molecule has 0 saturated heterocycles. The van der Waals surface area contributed by atoms with Crippen molar-refractivity contribution in [3.63, 3.8) is 0 Å². The summed E-state index contributed by atoms with van der Waals surface area (Å²) in [6.07, 6.45) is 1.82. The van der Waals surface area contributed by atoms with Gasteiger partial charge in [-0.25, -0.2) is 9.79 Å². The van der Waals surface area contributed by atoms with Crippen LogP contribution in [0.4, 0.5) is 0 Å². The van der Waals surface area contributed by atoms with E-state index < -0.39 is 12.0 Å². The van der Waals surface area contributed by atoms with Gasteiger partial charge in [-0.1, -0.05) is 71.5 Å². The van der Waals surface area contributed by atoms with Crippen LogP contribution < -0.4 is 14.9 Å². The SMILES string of the molecule is COC(=O)C1=C(C)N=c2s/c(=C/c3ccccc3)c(=O)n2[C@@H]1c1ccccc1Cl. The van der Waals surface area contributed by atoms with Crippen molar-refractivity contribution in [2.75, 3.05) is 7.11 Å². The Morgan fingerprint density at radius 2 is 1.86 bits per heavy atom. The Hall–Kier alpha value is -2.96. The van der Waals surface area contributed by atoms with Gasteiger partial charge in [-0.05, 0) is 30.2 Å². The Labute approximate surface area is 175 Å². The molecule has 2 heterocycles. The van der Waals surface area contributed by atoms with E-state index in [9.17, 15) is 9.59 Å². The average molecular weight is 425 g/mol. The summed E-state index contributed by atoms with van der Waals surface area (Å²) < 4.78 is 7.05. The molecule has 0 N–H and O–H groups in total. The molecule has 1 aliphatic rings. The summed E-state index contributed by atoms with van der Waals surface area (Å²) >= 11 is 7.73. The lowest BCUT2D eigenvalue weighted by atomic mass is 9.96. The van der Waals surface area contributed by atoms with E-state index in [1.54, 1.807) is 19.1 Å². The molecule has 0 bridgehead atoms. The first-order chi connectivity index (χ1) is 14.0. The number of esters is 1. The Balaban J connectivity index is 2.02. The Bertz CT molecular complexity index is 1310. The zero-order chi connectivity index (χ0) is 20.5. The van der Waals surface area contributed by atoms with Crippen molar-refractivity contribution < 1.29 is 9.53 Å². The van der Waals surface area contributed by atoms with Gasteiger partial charge in [0.25, 0.3) is 5.56 Å². The number of halogens is 1. The highest BCUT2D eigenvalue weighted by molar-refractivity contribution is 7.07. The maximum atomic E-state index is 13.3. The van der Waals surface area contributed by atoms with E-state index in [0.717, 1.165) is 5.56 Å². The van der Waals surface area contributed by atoms with Crippen LogP contribution >= 0.6 is 22.9 Å². The lowest BCUT2D eigenvalue weighted by Gasteiger charge is -2.25. The fourth-order valence-electron chi connectivity index (χ4n) is 3.38. The Morgan fingerprint density at radius 3 is 2.55 bits per heavy atom. The van der Waals surface area contributed by atoms with Gasteiger partial charge in [-0.2, -0.15) is 0 Å². The summed E-state index contributed by atoms with van der Waals surface area (Å²) in [5.74, 6) is -0.534. The predicted molar refractivity (Wildman–Crippen MR) is 114 cm³/mol. The molecule has 7 heteroatoms. The number of hydrogen-bond acceptors (Lipinski definition) is 5. The molecule has 1 atom stereocenters. The number of nitrogens with zero attached hydrogens (tertiary/aromatic N) is 2. The molecular weight excluding hydrogens is 408 g/mol. The van der Waals surface area contributed by atoms with Gasteiger partial charge >= 0.3 is 5.97 Å². The molecule has 0 unspecified atom stereocenters. The molecular formula is C22H17ClN2O3S. The molecule has 3 aromatic rings. The first kappa shape index (κ1) is 19.4. The molecule has 2 aromatic carbocycles. The van der Waals surface area contributed by atoms with Crippen LogP contribution in [-0.4, -0.2) is 17.6 Å². The monoisotopic (exact) mass is 424 g/mol. The molecule has 0 saturated carbocycles. The number of hydrogen-bond donors (Lipinski definition) is 0. The number of carbonyl (C=O) groups excluding carboxylic acids is 1. The molecule has 146 valence electrons. The van der Waals surface area contributed by atoms with Gasteiger partial charge in [0.1, 0.15) is 6.04 Å². The van der Waals surface area contributed by atoms with Crippen molar-refractivity contribution in [3.05, 3.63) is 102 Å². The lowest BCUT2D eigenvalue weighted by molar-refractivity contribution is -0.136. The molecule has 0 spiro atoms. The quantitative estimate of drug-likeness (QED) is 0.607. The summed E-state index contributed by atoms with van der Waals surface area (Å²) in [6, 6.07) is 16.1. The number of allylic oxidation sites excluding steroid dienone is 1. The average Bonchev–Trinajstić information content (AvgIpc) is 3.02. The standard InChI is InChI=1S/C22H17ClN2O3S/c1-13-18(21(27)28-2)19(15-10-6-7-11-16(15)23)25-20(26)17(29-22(25)24-13)12-14-8-4-3-5-9-14/h3-12,19H,1-2H3/b17-12+/t19-/m1/s1. The summed E-state index contributed by atoms with van der Waals surface area (Å²) in [6.45, 7) is 1.74. The number of methoxy groups -OCH3 is 1. The first-order valence-corrected chi connectivity index (χ1v) is 10.1. The van der Waals surface area contributed by atoms with Gasteiger partial charge in [-0.15, -0.1) is 0 Å². The van der Waals surface area contributed by atoms with Crippen LogP contribution in [0.25, 0.3) is 6.08 Å². The normalized spacial score (nSPS) is 16.4. The summed E-state index contributed by atoms with van der Waals surface area (Å²) in [5.41, 5.74) is 2.15. The summed E-state index contributed by atoms with van der Waals surface area (Å²) in [4.78, 5) is 31.0. The highest BCUT2D eigenvalue weighted by Gasteiger charge is 2.34. The van der Waals surface area contributed by atoms with E-state index in [1.165, 1.54) is 23.0 Å². The fraction of sp³-hybridized carbons (Fsp3) is 0.136. The lowest BCUT2D eigenvalue weighted by Crippen LogP contribution is -2.39. The van der Waals surface area contributed by atoms with E-state index in [0.29, 0.717) is 31.2 Å². The van der Waals surface area contributed by atoms with Crippen molar-refractivity contribution in [2.24, 2.45) is 4.99 Å². The molecule has 0 radical (unpaired) electrons. The van der Waals surface area contributed by atoms with Gasteiger partial charge < -0.3 is 4.74 Å². The molecule has 29 heavy (non-hydrogen) atoms. The van der Waals surface area contributed by atoms with Gasteiger partial charge in [0, 0.05) is 5.02 Å². The molecule has 1 aliphatic heterocycles. The van der Waals surface area contributed by atoms with Crippen molar-refractivity contribution >= 4 is 35.0 Å². The number of fused-ring (bicyclic) bond motifs is 1. The van der Waals surface area contributed by atoms with Crippen LogP contribution in [0.3, 0.4) is 0 Å². The minimum Gasteiger partial charge on any atom is -0.466 e. The number of rotatable bonds is 3. The van der Waals surface area contributed by atoms with Gasteiger partial charge in [0.2, 0.25) is 0 Å². The van der Waals surface area contributed by atoms with E-state index in [4.69, 9.17) is 16.3 Å². The summed E-state index contributed by atoms with van der Waals surface area (Å²) in [7, 11) is 1.31. The van der Waals surface area contributed by atoms with Gasteiger partial charge in [0.15, 0.2) is 4.80 Å². The Kier molecular flexibility index (Phi) is 5.22. The van der Waals surface area contributed by atoms with Crippen LogP contribution in [0.1, 0.15) is 24.1 Å².